The first kappa shape index (κ1) is 20.5. The van der Waals surface area contributed by atoms with Gasteiger partial charge in [-0.3, -0.25) is 4.79 Å². The third-order valence-electron chi connectivity index (χ3n) is 3.36. The van der Waals surface area contributed by atoms with Crippen molar-refractivity contribution in [3.05, 3.63) is 35.9 Å². The quantitative estimate of drug-likeness (QED) is 0.496. The lowest BCUT2D eigenvalue weighted by molar-refractivity contribution is -0.138. The van der Waals surface area contributed by atoms with Gasteiger partial charge >= 0.3 is 18.0 Å². The highest BCUT2D eigenvalue weighted by atomic mass is 16.6. The molecule has 0 heterocycles. The fraction of sp³-hybridized carbons (Fsp3) is 0.500. The fourth-order valence-electron chi connectivity index (χ4n) is 2.36. The number of hydrogen-bond acceptors (Lipinski definition) is 5. The average Bonchev–Trinajstić information content (AvgIpc) is 2.56. The van der Waals surface area contributed by atoms with Crippen molar-refractivity contribution in [2.45, 2.75) is 26.7 Å². The van der Waals surface area contributed by atoms with Gasteiger partial charge in [-0.15, -0.1) is 0 Å². The first-order valence-electron chi connectivity index (χ1n) is 8.23. The van der Waals surface area contributed by atoms with E-state index >= 15 is 0 Å². The van der Waals surface area contributed by atoms with Crippen LogP contribution in [0.15, 0.2) is 30.3 Å². The summed E-state index contributed by atoms with van der Waals surface area (Å²) in [5, 5.41) is 11.4. The van der Waals surface area contributed by atoms with E-state index in [-0.39, 0.29) is 32.1 Å². The summed E-state index contributed by atoms with van der Waals surface area (Å²) in [6, 6.07) is 8.51. The van der Waals surface area contributed by atoms with E-state index in [4.69, 9.17) is 14.6 Å². The van der Waals surface area contributed by atoms with Crippen molar-refractivity contribution in [2.24, 2.45) is 11.8 Å². The number of aliphatic carboxylic acids is 1. The van der Waals surface area contributed by atoms with Crippen molar-refractivity contribution < 1.29 is 29.0 Å². The smallest absolute Gasteiger partial charge is 0.407 e. The maximum absolute atomic E-state index is 11.7. The molecular formula is C18H25NO6. The molecule has 1 atom stereocenters. The minimum atomic E-state index is -0.895. The van der Waals surface area contributed by atoms with E-state index in [0.29, 0.717) is 17.9 Å². The van der Waals surface area contributed by atoms with Crippen LogP contribution in [0.2, 0.25) is 0 Å². The Kier molecular flexibility index (Phi) is 9.06. The van der Waals surface area contributed by atoms with Crippen molar-refractivity contribution in [3.8, 4) is 0 Å². The lowest BCUT2D eigenvalue weighted by atomic mass is 9.94. The molecule has 1 rings (SSSR count). The molecule has 1 aromatic carbocycles. The molecule has 25 heavy (non-hydrogen) atoms. The predicted molar refractivity (Wildman–Crippen MR) is 91.3 cm³/mol. The van der Waals surface area contributed by atoms with Crippen molar-refractivity contribution in [1.29, 1.82) is 0 Å². The van der Waals surface area contributed by atoms with Gasteiger partial charge in [0.1, 0.15) is 13.2 Å². The maximum Gasteiger partial charge on any atom is 0.407 e. The molecule has 0 aliphatic carbocycles. The molecule has 138 valence electrons. The fourth-order valence-corrected chi connectivity index (χ4v) is 2.36. The van der Waals surface area contributed by atoms with Gasteiger partial charge in [0, 0.05) is 13.0 Å². The Morgan fingerprint density at radius 3 is 2.32 bits per heavy atom. The summed E-state index contributed by atoms with van der Waals surface area (Å²) < 4.78 is 9.90. The number of amides is 1. The first-order chi connectivity index (χ1) is 11.9. The third kappa shape index (κ3) is 9.34. The number of rotatable bonds is 10. The van der Waals surface area contributed by atoms with E-state index in [1.54, 1.807) is 30.3 Å². The van der Waals surface area contributed by atoms with Gasteiger partial charge in [0.25, 0.3) is 0 Å². The Labute approximate surface area is 147 Å². The molecule has 0 saturated heterocycles. The van der Waals surface area contributed by atoms with E-state index in [2.05, 4.69) is 5.32 Å². The van der Waals surface area contributed by atoms with Gasteiger partial charge in [0.15, 0.2) is 0 Å². The summed E-state index contributed by atoms with van der Waals surface area (Å²) in [5.41, 5.74) is 0.428. The molecule has 7 heteroatoms. The molecule has 0 spiro atoms. The Morgan fingerprint density at radius 2 is 1.72 bits per heavy atom. The molecule has 0 aromatic heterocycles. The third-order valence-corrected chi connectivity index (χ3v) is 3.36. The van der Waals surface area contributed by atoms with Gasteiger partial charge in [-0.2, -0.15) is 0 Å². The molecule has 1 aromatic rings. The zero-order chi connectivity index (χ0) is 18.7. The van der Waals surface area contributed by atoms with Crippen molar-refractivity contribution in [2.75, 3.05) is 19.8 Å². The normalized spacial score (nSPS) is 11.6. The first-order valence-corrected chi connectivity index (χ1v) is 8.23. The molecule has 2 N–H and O–H groups in total. The summed E-state index contributed by atoms with van der Waals surface area (Å²) >= 11 is 0. The summed E-state index contributed by atoms with van der Waals surface area (Å²) in [7, 11) is 0. The lowest BCUT2D eigenvalue weighted by Crippen LogP contribution is -2.32. The van der Waals surface area contributed by atoms with Crippen LogP contribution >= 0.6 is 0 Å². The Morgan fingerprint density at radius 1 is 1.08 bits per heavy atom. The molecule has 0 fully saturated rings. The number of benzene rings is 1. The molecule has 1 amide bonds. The molecule has 0 saturated carbocycles. The van der Waals surface area contributed by atoms with Gasteiger partial charge in [0.05, 0.1) is 5.56 Å². The number of ether oxygens (including phenoxy) is 2. The van der Waals surface area contributed by atoms with Crippen molar-refractivity contribution in [1.82, 2.24) is 5.32 Å². The number of alkyl carbamates (subject to hydrolysis) is 1. The standard InChI is InChI=1S/C18H25NO6/c1-13(2)10-14(11-16(20)21)12-19-18(23)25-9-8-24-17(22)15-6-4-3-5-7-15/h3-7,13-14H,8-12H2,1-2H3,(H,19,23)(H,20,21)/t14-/m0/s1. The van der Waals surface area contributed by atoms with Crippen LogP contribution in [0.5, 0.6) is 0 Å². The lowest BCUT2D eigenvalue weighted by Gasteiger charge is -2.17. The number of nitrogens with one attached hydrogen (secondary N) is 1. The minimum absolute atomic E-state index is 0.00680. The summed E-state index contributed by atoms with van der Waals surface area (Å²) in [4.78, 5) is 34.1. The second kappa shape index (κ2) is 11.1. The number of hydrogen-bond donors (Lipinski definition) is 2. The largest absolute Gasteiger partial charge is 0.481 e. The van der Waals surface area contributed by atoms with Crippen LogP contribution in [0.4, 0.5) is 4.79 Å². The molecular weight excluding hydrogens is 326 g/mol. The highest BCUT2D eigenvalue weighted by Gasteiger charge is 2.16. The predicted octanol–water partition coefficient (Wildman–Crippen LogP) is 2.71. The van der Waals surface area contributed by atoms with Crippen molar-refractivity contribution >= 4 is 18.0 Å². The number of carbonyl (C=O) groups excluding carboxylic acids is 2. The van der Waals surface area contributed by atoms with Gasteiger partial charge in [0.2, 0.25) is 0 Å². The van der Waals surface area contributed by atoms with Crippen LogP contribution in [0.25, 0.3) is 0 Å². The molecule has 0 radical (unpaired) electrons. The number of esters is 1. The second-order valence-corrected chi connectivity index (χ2v) is 6.11. The highest BCUT2D eigenvalue weighted by molar-refractivity contribution is 5.89. The summed E-state index contributed by atoms with van der Waals surface area (Å²) in [6.07, 6.45) is 0.0314. The number of carboxylic acid groups (broad SMARTS) is 1. The second-order valence-electron chi connectivity index (χ2n) is 6.11. The van der Waals surface area contributed by atoms with Gasteiger partial charge < -0.3 is 19.9 Å². The number of carboxylic acids is 1. The van der Waals surface area contributed by atoms with Crippen molar-refractivity contribution in [3.63, 3.8) is 0 Å². The van der Waals surface area contributed by atoms with Crippen LogP contribution < -0.4 is 5.32 Å². The van der Waals surface area contributed by atoms with Gasteiger partial charge in [-0.1, -0.05) is 32.0 Å². The highest BCUT2D eigenvalue weighted by Crippen LogP contribution is 2.14. The monoisotopic (exact) mass is 351 g/mol. The summed E-state index contributed by atoms with van der Waals surface area (Å²) in [6.45, 7) is 4.10. The van der Waals surface area contributed by atoms with Crippen LogP contribution in [0, 0.1) is 11.8 Å². The van der Waals surface area contributed by atoms with E-state index in [9.17, 15) is 14.4 Å². The molecule has 0 aliphatic rings. The molecule has 7 nitrogen and oxygen atoms in total. The van der Waals surface area contributed by atoms with Crippen LogP contribution in [0.1, 0.15) is 37.0 Å². The minimum Gasteiger partial charge on any atom is -0.481 e. The van der Waals surface area contributed by atoms with Gasteiger partial charge in [-0.05, 0) is 30.4 Å². The summed E-state index contributed by atoms with van der Waals surface area (Å²) in [5.74, 6) is -1.20. The Hall–Kier alpha value is -2.57. The van der Waals surface area contributed by atoms with E-state index in [1.807, 2.05) is 13.8 Å². The Balaban J connectivity index is 2.23. The molecule has 0 bridgehead atoms. The zero-order valence-electron chi connectivity index (χ0n) is 14.6. The maximum atomic E-state index is 11.7. The molecule has 0 unspecified atom stereocenters. The van der Waals surface area contributed by atoms with Gasteiger partial charge in [-0.25, -0.2) is 9.59 Å². The topological polar surface area (TPSA) is 102 Å². The van der Waals surface area contributed by atoms with Crippen LogP contribution in [-0.2, 0) is 14.3 Å². The average molecular weight is 351 g/mol. The van der Waals surface area contributed by atoms with E-state index in [0.717, 1.165) is 0 Å². The zero-order valence-corrected chi connectivity index (χ0v) is 14.6. The SMILES string of the molecule is CC(C)C[C@H](CNC(=O)OCCOC(=O)c1ccccc1)CC(=O)O. The van der Waals surface area contributed by atoms with Crippen LogP contribution in [0.3, 0.4) is 0 Å². The van der Waals surface area contributed by atoms with Crippen LogP contribution in [-0.4, -0.2) is 42.9 Å². The molecule has 0 aliphatic heterocycles. The number of carbonyl (C=O) groups is 3. The van der Waals surface area contributed by atoms with E-state index in [1.165, 1.54) is 0 Å². The Bertz CT molecular complexity index is 558. The van der Waals surface area contributed by atoms with E-state index < -0.39 is 18.0 Å².